The minimum atomic E-state index is -0.591. The second-order valence-corrected chi connectivity index (χ2v) is 9.48. The summed E-state index contributed by atoms with van der Waals surface area (Å²) in [4.78, 5) is 30.0. The van der Waals surface area contributed by atoms with Gasteiger partial charge in [-0.25, -0.2) is 0 Å². The molecule has 186 valence electrons. The number of aryl methyl sites for hydroxylation is 1. The van der Waals surface area contributed by atoms with E-state index in [0.29, 0.717) is 56.5 Å². The van der Waals surface area contributed by atoms with E-state index in [1.165, 1.54) is 0 Å². The number of benzene rings is 1. The molecule has 1 aliphatic rings. The molecule has 0 aliphatic carbocycles. The third-order valence-electron chi connectivity index (χ3n) is 5.48. The largest absolute Gasteiger partial charge is 0.464 e. The molecule has 0 N–H and O–H groups in total. The summed E-state index contributed by atoms with van der Waals surface area (Å²) >= 11 is 0. The monoisotopic (exact) mass is 472 g/mol. The number of carbonyl (C=O) groups excluding carboxylic acids is 2. The standard InChI is InChI=1S/C26H36N2O6/c1-6-31-13-7-12-27(25(30)26(3,4)5)17-24(29)28(16-21-10-8-19(2)34-21)15-20-9-11-22-23(14-20)33-18-32-22/h8-11,14H,6-7,12-13,15-18H2,1-5H3. The van der Waals surface area contributed by atoms with Gasteiger partial charge in [-0.15, -0.1) is 0 Å². The van der Waals surface area contributed by atoms with E-state index in [4.69, 9.17) is 18.6 Å². The number of furan rings is 1. The molecule has 1 aromatic carbocycles. The van der Waals surface area contributed by atoms with Crippen LogP contribution in [0.15, 0.2) is 34.7 Å². The first kappa shape index (κ1) is 25.6. The van der Waals surface area contributed by atoms with Gasteiger partial charge in [0, 0.05) is 31.7 Å². The van der Waals surface area contributed by atoms with E-state index in [1.807, 2.05) is 65.0 Å². The lowest BCUT2D eigenvalue weighted by Gasteiger charge is -2.31. The van der Waals surface area contributed by atoms with Gasteiger partial charge in [0.1, 0.15) is 11.5 Å². The molecule has 0 saturated carbocycles. The van der Waals surface area contributed by atoms with Crippen molar-refractivity contribution >= 4 is 11.8 Å². The van der Waals surface area contributed by atoms with Gasteiger partial charge in [-0.2, -0.15) is 0 Å². The van der Waals surface area contributed by atoms with Crippen LogP contribution in [0.5, 0.6) is 11.5 Å². The average molecular weight is 473 g/mol. The third-order valence-corrected chi connectivity index (χ3v) is 5.48. The molecule has 1 aliphatic heterocycles. The summed E-state index contributed by atoms with van der Waals surface area (Å²) in [5, 5.41) is 0. The van der Waals surface area contributed by atoms with E-state index in [2.05, 4.69) is 0 Å². The number of nitrogens with zero attached hydrogens (tertiary/aromatic N) is 2. The van der Waals surface area contributed by atoms with E-state index in [0.717, 1.165) is 11.3 Å². The van der Waals surface area contributed by atoms with Gasteiger partial charge in [-0.05, 0) is 50.1 Å². The van der Waals surface area contributed by atoms with E-state index in [9.17, 15) is 9.59 Å². The lowest BCUT2D eigenvalue weighted by Crippen LogP contribution is -2.46. The topological polar surface area (TPSA) is 81.5 Å². The molecule has 2 amide bonds. The predicted molar refractivity (Wildman–Crippen MR) is 127 cm³/mol. The van der Waals surface area contributed by atoms with Crippen LogP contribution in [-0.4, -0.2) is 54.7 Å². The first-order valence-corrected chi connectivity index (χ1v) is 11.8. The van der Waals surface area contributed by atoms with E-state index < -0.39 is 5.41 Å². The van der Waals surface area contributed by atoms with Gasteiger partial charge >= 0.3 is 0 Å². The first-order valence-electron chi connectivity index (χ1n) is 11.8. The number of fused-ring (bicyclic) bond motifs is 1. The van der Waals surface area contributed by atoms with Gasteiger partial charge in [0.2, 0.25) is 18.6 Å². The molecule has 0 bridgehead atoms. The van der Waals surface area contributed by atoms with Crippen molar-refractivity contribution in [3.63, 3.8) is 0 Å². The van der Waals surface area contributed by atoms with E-state index in [1.54, 1.807) is 9.80 Å². The molecule has 0 saturated heterocycles. The van der Waals surface area contributed by atoms with Crippen molar-refractivity contribution in [2.45, 2.75) is 54.1 Å². The quantitative estimate of drug-likeness (QED) is 0.457. The van der Waals surface area contributed by atoms with Crippen molar-refractivity contribution in [3.05, 3.63) is 47.4 Å². The number of carbonyl (C=O) groups is 2. The summed E-state index contributed by atoms with van der Waals surface area (Å²) in [5.41, 5.74) is 0.317. The molecule has 8 heteroatoms. The van der Waals surface area contributed by atoms with Gasteiger partial charge in [-0.1, -0.05) is 26.8 Å². The fourth-order valence-electron chi connectivity index (χ4n) is 3.74. The molecule has 8 nitrogen and oxygen atoms in total. The molecule has 1 aromatic heterocycles. The molecule has 0 fully saturated rings. The van der Waals surface area contributed by atoms with Crippen molar-refractivity contribution in [3.8, 4) is 11.5 Å². The Morgan fingerprint density at radius 1 is 1.03 bits per heavy atom. The van der Waals surface area contributed by atoms with Crippen molar-refractivity contribution in [2.75, 3.05) is 33.1 Å². The number of hydrogen-bond acceptors (Lipinski definition) is 6. The number of amides is 2. The average Bonchev–Trinajstić information content (AvgIpc) is 3.42. The zero-order chi connectivity index (χ0) is 24.7. The van der Waals surface area contributed by atoms with Crippen LogP contribution in [0.3, 0.4) is 0 Å². The van der Waals surface area contributed by atoms with Crippen LogP contribution >= 0.6 is 0 Å². The Kier molecular flexibility index (Phi) is 8.61. The summed E-state index contributed by atoms with van der Waals surface area (Å²) in [6.07, 6.45) is 0.669. The van der Waals surface area contributed by atoms with Gasteiger partial charge in [0.05, 0.1) is 13.1 Å². The predicted octanol–water partition coefficient (Wildman–Crippen LogP) is 4.15. The number of ether oxygens (including phenoxy) is 3. The molecule has 3 rings (SSSR count). The zero-order valence-electron chi connectivity index (χ0n) is 20.9. The highest BCUT2D eigenvalue weighted by molar-refractivity contribution is 5.87. The van der Waals surface area contributed by atoms with Gasteiger partial charge in [0.15, 0.2) is 11.5 Å². The normalized spacial score (nSPS) is 12.6. The van der Waals surface area contributed by atoms with Crippen molar-refractivity contribution in [1.82, 2.24) is 9.80 Å². The number of rotatable bonds is 11. The Morgan fingerprint density at radius 3 is 2.47 bits per heavy atom. The Balaban J connectivity index is 1.77. The lowest BCUT2D eigenvalue weighted by molar-refractivity contribution is -0.146. The second-order valence-electron chi connectivity index (χ2n) is 9.48. The molecule has 0 spiro atoms. The third kappa shape index (κ3) is 7.00. The molecule has 2 heterocycles. The van der Waals surface area contributed by atoms with Gasteiger partial charge < -0.3 is 28.4 Å². The Hall–Kier alpha value is -3.00. The molecule has 0 unspecified atom stereocenters. The summed E-state index contributed by atoms with van der Waals surface area (Å²) in [6, 6.07) is 9.40. The second kappa shape index (κ2) is 11.4. The first-order chi connectivity index (χ1) is 16.2. The van der Waals surface area contributed by atoms with Gasteiger partial charge in [0.25, 0.3) is 0 Å². The summed E-state index contributed by atoms with van der Waals surface area (Å²) in [5.74, 6) is 2.62. The Morgan fingerprint density at radius 2 is 1.79 bits per heavy atom. The van der Waals surface area contributed by atoms with Crippen LogP contribution in [0.2, 0.25) is 0 Å². The SMILES string of the molecule is CCOCCCN(CC(=O)N(Cc1ccc2c(c1)OCO2)Cc1ccc(C)o1)C(=O)C(C)(C)C. The fourth-order valence-corrected chi connectivity index (χ4v) is 3.74. The van der Waals surface area contributed by atoms with Crippen LogP contribution in [0.4, 0.5) is 0 Å². The maximum atomic E-state index is 13.5. The van der Waals surface area contributed by atoms with Crippen LogP contribution in [-0.2, 0) is 27.4 Å². The highest BCUT2D eigenvalue weighted by atomic mass is 16.7. The maximum absolute atomic E-state index is 13.5. The highest BCUT2D eigenvalue weighted by Crippen LogP contribution is 2.33. The van der Waals surface area contributed by atoms with Crippen LogP contribution < -0.4 is 9.47 Å². The summed E-state index contributed by atoms with van der Waals surface area (Å²) < 4.78 is 22.1. The fraction of sp³-hybridized carbons (Fsp3) is 0.538. The van der Waals surface area contributed by atoms with Gasteiger partial charge in [-0.3, -0.25) is 9.59 Å². The number of hydrogen-bond donors (Lipinski definition) is 0. The smallest absolute Gasteiger partial charge is 0.242 e. The molecular formula is C26H36N2O6. The Labute approximate surface area is 201 Å². The highest BCUT2D eigenvalue weighted by Gasteiger charge is 2.30. The molecule has 0 radical (unpaired) electrons. The molecule has 2 aromatic rings. The summed E-state index contributed by atoms with van der Waals surface area (Å²) in [6.45, 7) is 11.9. The Bertz CT molecular complexity index is 978. The van der Waals surface area contributed by atoms with Crippen molar-refractivity contribution in [1.29, 1.82) is 0 Å². The zero-order valence-corrected chi connectivity index (χ0v) is 20.9. The van der Waals surface area contributed by atoms with Crippen molar-refractivity contribution in [2.24, 2.45) is 5.41 Å². The molecular weight excluding hydrogens is 436 g/mol. The van der Waals surface area contributed by atoms with Crippen LogP contribution in [0, 0.1) is 12.3 Å². The van der Waals surface area contributed by atoms with Crippen LogP contribution in [0.1, 0.15) is 51.2 Å². The lowest BCUT2D eigenvalue weighted by atomic mass is 9.94. The van der Waals surface area contributed by atoms with Crippen molar-refractivity contribution < 1.29 is 28.2 Å². The van der Waals surface area contributed by atoms with E-state index in [-0.39, 0.29) is 25.2 Å². The molecule has 34 heavy (non-hydrogen) atoms. The minimum absolute atomic E-state index is 0.00747. The van der Waals surface area contributed by atoms with Crippen LogP contribution in [0.25, 0.3) is 0 Å². The maximum Gasteiger partial charge on any atom is 0.242 e. The minimum Gasteiger partial charge on any atom is -0.464 e. The van der Waals surface area contributed by atoms with E-state index >= 15 is 0 Å². The molecule has 0 atom stereocenters. The summed E-state index contributed by atoms with van der Waals surface area (Å²) in [7, 11) is 0.